The van der Waals surface area contributed by atoms with Crippen LogP contribution in [0.15, 0.2) is 36.7 Å². The minimum Gasteiger partial charge on any atom is -0.396 e. The summed E-state index contributed by atoms with van der Waals surface area (Å²) in [5.74, 6) is 0. The van der Waals surface area contributed by atoms with Crippen molar-refractivity contribution < 1.29 is 9.90 Å². The minimum absolute atomic E-state index is 0.0318. The molecule has 0 saturated heterocycles. The number of aliphatic hydroxyl groups excluding tert-OH is 1. The molecule has 3 N–H and O–H groups in total. The molecule has 0 bridgehead atoms. The van der Waals surface area contributed by atoms with Gasteiger partial charge in [-0.25, -0.2) is 4.79 Å². The van der Waals surface area contributed by atoms with E-state index in [0.717, 1.165) is 24.8 Å². The second-order valence-electron chi connectivity index (χ2n) is 6.36. The summed E-state index contributed by atoms with van der Waals surface area (Å²) in [6, 6.07) is 6.37. The fraction of sp³-hybridized carbons (Fsp3) is 0.412. The number of aromatic nitrogens is 2. The van der Waals surface area contributed by atoms with Crippen molar-refractivity contribution in [3.63, 3.8) is 0 Å². The van der Waals surface area contributed by atoms with Gasteiger partial charge in [0.25, 0.3) is 0 Å². The van der Waals surface area contributed by atoms with Gasteiger partial charge in [-0.2, -0.15) is 5.10 Å². The molecule has 1 saturated carbocycles. The van der Waals surface area contributed by atoms with Crippen LogP contribution in [-0.4, -0.2) is 27.5 Å². The van der Waals surface area contributed by atoms with Crippen molar-refractivity contribution in [2.24, 2.45) is 12.5 Å². The molecule has 1 aromatic carbocycles. The lowest BCUT2D eigenvalue weighted by Crippen LogP contribution is -2.48. The van der Waals surface area contributed by atoms with E-state index in [-0.39, 0.29) is 24.1 Å². The number of nitrogens with zero attached hydrogens (tertiary/aromatic N) is 2. The van der Waals surface area contributed by atoms with E-state index in [4.69, 9.17) is 11.6 Å². The highest BCUT2D eigenvalue weighted by atomic mass is 35.5. The van der Waals surface area contributed by atoms with E-state index in [1.165, 1.54) is 0 Å². The van der Waals surface area contributed by atoms with Gasteiger partial charge in [0.2, 0.25) is 0 Å². The van der Waals surface area contributed by atoms with Gasteiger partial charge in [0, 0.05) is 34.9 Å². The zero-order valence-corrected chi connectivity index (χ0v) is 14.3. The summed E-state index contributed by atoms with van der Waals surface area (Å²) in [6.45, 7) is 0.0318. The second kappa shape index (κ2) is 6.83. The summed E-state index contributed by atoms with van der Waals surface area (Å²) < 4.78 is 1.70. The van der Waals surface area contributed by atoms with Crippen LogP contribution in [0.1, 0.15) is 30.9 Å². The number of hydrogen-bond acceptors (Lipinski definition) is 3. The fourth-order valence-corrected chi connectivity index (χ4v) is 3.40. The molecule has 24 heavy (non-hydrogen) atoms. The number of halogens is 1. The monoisotopic (exact) mass is 348 g/mol. The molecule has 1 aliphatic rings. The Morgan fingerprint density at radius 3 is 2.83 bits per heavy atom. The third-order valence-corrected chi connectivity index (χ3v) is 4.93. The number of rotatable bonds is 5. The molecule has 0 radical (unpaired) electrons. The lowest BCUT2D eigenvalue weighted by atomic mass is 9.63. The topological polar surface area (TPSA) is 79.2 Å². The molecule has 2 aromatic rings. The molecule has 6 nitrogen and oxygen atoms in total. The number of carbonyl (C=O) groups excluding carboxylic acids is 1. The van der Waals surface area contributed by atoms with Gasteiger partial charge in [0.15, 0.2) is 0 Å². The van der Waals surface area contributed by atoms with Crippen LogP contribution in [0.25, 0.3) is 0 Å². The van der Waals surface area contributed by atoms with E-state index < -0.39 is 0 Å². The summed E-state index contributed by atoms with van der Waals surface area (Å²) in [7, 11) is 1.83. The maximum Gasteiger partial charge on any atom is 0.319 e. The van der Waals surface area contributed by atoms with Crippen molar-refractivity contribution in [2.45, 2.75) is 25.3 Å². The Balaban J connectivity index is 1.77. The molecule has 0 spiro atoms. The lowest BCUT2D eigenvalue weighted by molar-refractivity contribution is 0.00967. The number of anilines is 1. The van der Waals surface area contributed by atoms with E-state index in [0.29, 0.717) is 10.7 Å². The van der Waals surface area contributed by atoms with Crippen molar-refractivity contribution in [1.29, 1.82) is 0 Å². The van der Waals surface area contributed by atoms with Crippen LogP contribution in [0.3, 0.4) is 0 Å². The smallest absolute Gasteiger partial charge is 0.319 e. The van der Waals surface area contributed by atoms with Crippen LogP contribution in [0, 0.1) is 5.41 Å². The van der Waals surface area contributed by atoms with E-state index in [1.54, 1.807) is 35.1 Å². The van der Waals surface area contributed by atoms with Crippen LogP contribution in [-0.2, 0) is 7.05 Å². The van der Waals surface area contributed by atoms with Crippen LogP contribution in [0.2, 0.25) is 5.02 Å². The molecule has 0 aliphatic heterocycles. The number of nitrogens with one attached hydrogen (secondary N) is 2. The number of carbonyl (C=O) groups is 1. The molecule has 1 fully saturated rings. The molecule has 2 amide bonds. The first-order valence-corrected chi connectivity index (χ1v) is 8.33. The van der Waals surface area contributed by atoms with Crippen molar-refractivity contribution in [1.82, 2.24) is 15.1 Å². The van der Waals surface area contributed by atoms with E-state index in [2.05, 4.69) is 15.7 Å². The number of urea groups is 1. The second-order valence-corrected chi connectivity index (χ2v) is 6.80. The highest BCUT2D eigenvalue weighted by molar-refractivity contribution is 6.30. The quantitative estimate of drug-likeness (QED) is 0.776. The van der Waals surface area contributed by atoms with Gasteiger partial charge >= 0.3 is 6.03 Å². The number of hydrogen-bond donors (Lipinski definition) is 3. The van der Waals surface area contributed by atoms with Gasteiger partial charge < -0.3 is 15.7 Å². The lowest BCUT2D eigenvalue weighted by Gasteiger charge is -2.46. The molecule has 3 rings (SSSR count). The number of aryl methyl sites for hydroxylation is 1. The first-order valence-electron chi connectivity index (χ1n) is 7.95. The molecule has 128 valence electrons. The van der Waals surface area contributed by atoms with Gasteiger partial charge in [0.05, 0.1) is 18.8 Å². The molecular formula is C17H21ClN4O2. The predicted octanol–water partition coefficient (Wildman–Crippen LogP) is 3.10. The summed E-state index contributed by atoms with van der Waals surface area (Å²) in [6.07, 6.45) is 6.41. The van der Waals surface area contributed by atoms with E-state index in [1.807, 2.05) is 13.2 Å². The van der Waals surface area contributed by atoms with Crippen LogP contribution < -0.4 is 10.6 Å². The van der Waals surface area contributed by atoms with Crippen molar-refractivity contribution in [3.8, 4) is 0 Å². The van der Waals surface area contributed by atoms with Gasteiger partial charge in [-0.3, -0.25) is 4.68 Å². The summed E-state index contributed by atoms with van der Waals surface area (Å²) in [4.78, 5) is 12.4. The zero-order valence-electron chi connectivity index (χ0n) is 13.5. The van der Waals surface area contributed by atoms with Crippen LogP contribution in [0.5, 0.6) is 0 Å². The Morgan fingerprint density at radius 1 is 1.50 bits per heavy atom. The van der Waals surface area contributed by atoms with Gasteiger partial charge in [-0.15, -0.1) is 0 Å². The molecule has 1 heterocycles. The molecule has 7 heteroatoms. The number of benzene rings is 1. The third kappa shape index (κ3) is 3.39. The zero-order chi connectivity index (χ0) is 17.2. The molecule has 1 aliphatic carbocycles. The van der Waals surface area contributed by atoms with Crippen LogP contribution >= 0.6 is 11.6 Å². The molecule has 1 unspecified atom stereocenters. The third-order valence-electron chi connectivity index (χ3n) is 4.69. The maximum atomic E-state index is 12.4. The Labute approximate surface area is 145 Å². The average molecular weight is 349 g/mol. The standard InChI is InChI=1S/C17H21ClN4O2/c1-22-10-12(9-19-22)15(17(11-23)6-3-7-17)21-16(24)20-14-5-2-4-13(18)8-14/h2,4-5,8-10,15,23H,3,6-7,11H2,1H3,(H2,20,21,24). The SMILES string of the molecule is Cn1cc(C(NC(=O)Nc2cccc(Cl)c2)C2(CO)CCC2)cn1. The number of amides is 2. The van der Waals surface area contributed by atoms with Gasteiger partial charge in [-0.1, -0.05) is 24.1 Å². The Kier molecular flexibility index (Phi) is 4.78. The minimum atomic E-state index is -0.328. The maximum absolute atomic E-state index is 12.4. The Hall–Kier alpha value is -2.05. The van der Waals surface area contributed by atoms with Crippen molar-refractivity contribution in [3.05, 3.63) is 47.2 Å². The predicted molar refractivity (Wildman–Crippen MR) is 92.9 cm³/mol. The normalized spacial score (nSPS) is 17.0. The summed E-state index contributed by atoms with van der Waals surface area (Å²) in [5, 5.41) is 20.4. The van der Waals surface area contributed by atoms with Crippen LogP contribution in [0.4, 0.5) is 10.5 Å². The first kappa shape index (κ1) is 16.8. The molecule has 1 atom stereocenters. The highest BCUT2D eigenvalue weighted by Gasteiger charge is 2.45. The fourth-order valence-electron chi connectivity index (χ4n) is 3.21. The molecular weight excluding hydrogens is 328 g/mol. The van der Waals surface area contributed by atoms with E-state index >= 15 is 0 Å². The van der Waals surface area contributed by atoms with Gasteiger partial charge in [-0.05, 0) is 31.0 Å². The molecule has 1 aromatic heterocycles. The first-order chi connectivity index (χ1) is 11.5. The summed E-state index contributed by atoms with van der Waals surface area (Å²) in [5.41, 5.74) is 1.19. The summed E-state index contributed by atoms with van der Waals surface area (Å²) >= 11 is 5.94. The average Bonchev–Trinajstić information content (AvgIpc) is 2.92. The number of aliphatic hydroxyl groups is 1. The Bertz CT molecular complexity index is 721. The van der Waals surface area contributed by atoms with E-state index in [9.17, 15) is 9.90 Å². The largest absolute Gasteiger partial charge is 0.396 e. The van der Waals surface area contributed by atoms with Crippen molar-refractivity contribution in [2.75, 3.05) is 11.9 Å². The Morgan fingerprint density at radius 2 is 2.29 bits per heavy atom. The highest BCUT2D eigenvalue weighted by Crippen LogP contribution is 2.49. The van der Waals surface area contributed by atoms with Gasteiger partial charge in [0.1, 0.15) is 0 Å². The van der Waals surface area contributed by atoms with Crippen molar-refractivity contribution >= 4 is 23.3 Å².